The average Bonchev–Trinajstić information content (AvgIpc) is 2.84. The van der Waals surface area contributed by atoms with Crippen LogP contribution in [0.15, 0.2) is 23.1 Å². The van der Waals surface area contributed by atoms with Gasteiger partial charge in [-0.1, -0.05) is 0 Å². The van der Waals surface area contributed by atoms with E-state index < -0.39 is 15.7 Å². The summed E-state index contributed by atoms with van der Waals surface area (Å²) in [5.74, 6) is -1.34. The number of amides is 1. The van der Waals surface area contributed by atoms with E-state index in [0.29, 0.717) is 19.6 Å². The summed E-state index contributed by atoms with van der Waals surface area (Å²) in [5, 5.41) is 2.41. The Bertz CT molecular complexity index is 594. The maximum atomic E-state index is 13.6. The first-order valence-electron chi connectivity index (χ1n) is 5.76. The maximum Gasteiger partial charge on any atom is 0.229 e. The first-order valence-corrected chi connectivity index (χ1v) is 7.65. The molecule has 0 aromatic heterocycles. The molecule has 1 heterocycles. The van der Waals surface area contributed by atoms with E-state index in [9.17, 15) is 17.6 Å². The minimum atomic E-state index is -3.44. The molecule has 1 unspecified atom stereocenters. The zero-order chi connectivity index (χ0) is 14.0. The molecule has 104 valence electrons. The van der Waals surface area contributed by atoms with Gasteiger partial charge in [-0.25, -0.2) is 12.8 Å². The molecule has 1 fully saturated rings. The Balaban J connectivity index is 2.22. The molecule has 1 N–H and O–H groups in total. The molecule has 0 saturated carbocycles. The Morgan fingerprint density at radius 3 is 2.79 bits per heavy atom. The molecular weight excluding hydrogens is 273 g/mol. The fourth-order valence-electron chi connectivity index (χ4n) is 1.81. The molecule has 1 aromatic carbocycles. The Morgan fingerprint density at radius 1 is 1.47 bits per heavy atom. The molecule has 1 atom stereocenters. The highest BCUT2D eigenvalue weighted by atomic mass is 32.2. The lowest BCUT2D eigenvalue weighted by Crippen LogP contribution is -2.23. The van der Waals surface area contributed by atoms with E-state index in [1.807, 2.05) is 0 Å². The Labute approximate surface area is 110 Å². The van der Waals surface area contributed by atoms with E-state index in [1.165, 1.54) is 6.07 Å². The minimum Gasteiger partial charge on any atom is -0.381 e. The van der Waals surface area contributed by atoms with E-state index in [1.54, 1.807) is 0 Å². The third kappa shape index (κ3) is 3.30. The van der Waals surface area contributed by atoms with Crippen molar-refractivity contribution >= 4 is 21.4 Å². The highest BCUT2D eigenvalue weighted by Gasteiger charge is 2.24. The first-order chi connectivity index (χ1) is 8.88. The van der Waals surface area contributed by atoms with Crippen molar-refractivity contribution in [3.63, 3.8) is 0 Å². The molecule has 0 aliphatic carbocycles. The van der Waals surface area contributed by atoms with E-state index in [2.05, 4.69) is 5.32 Å². The molecule has 1 saturated heterocycles. The molecule has 0 spiro atoms. The highest BCUT2D eigenvalue weighted by molar-refractivity contribution is 7.90. The summed E-state index contributed by atoms with van der Waals surface area (Å²) in [5.41, 5.74) is -0.125. The van der Waals surface area contributed by atoms with Gasteiger partial charge in [-0.15, -0.1) is 0 Å². The van der Waals surface area contributed by atoms with Crippen molar-refractivity contribution < 1.29 is 22.3 Å². The molecule has 1 amide bonds. The molecule has 7 heteroatoms. The smallest absolute Gasteiger partial charge is 0.229 e. The van der Waals surface area contributed by atoms with Gasteiger partial charge in [-0.05, 0) is 24.6 Å². The number of benzene rings is 1. The number of anilines is 1. The fourth-order valence-corrected chi connectivity index (χ4v) is 2.45. The first kappa shape index (κ1) is 14.0. The molecule has 0 bridgehead atoms. The summed E-state index contributed by atoms with van der Waals surface area (Å²) in [6.07, 6.45) is 1.61. The summed E-state index contributed by atoms with van der Waals surface area (Å²) in [7, 11) is -3.44. The van der Waals surface area contributed by atoms with Crippen LogP contribution in [0.3, 0.4) is 0 Å². The standard InChI is InChI=1S/C12H14FNO4S/c1-19(16,17)9-2-3-10(13)11(6-9)14-12(15)8-4-5-18-7-8/h2-3,6,8H,4-5,7H2,1H3,(H,14,15). The molecule has 2 rings (SSSR count). The van der Waals surface area contributed by atoms with Crippen LogP contribution < -0.4 is 5.32 Å². The van der Waals surface area contributed by atoms with E-state index >= 15 is 0 Å². The largest absolute Gasteiger partial charge is 0.381 e. The third-order valence-electron chi connectivity index (χ3n) is 2.92. The van der Waals surface area contributed by atoms with Crippen molar-refractivity contribution in [2.24, 2.45) is 5.92 Å². The lowest BCUT2D eigenvalue weighted by molar-refractivity contribution is -0.119. The number of ether oxygens (including phenoxy) is 1. The van der Waals surface area contributed by atoms with Crippen LogP contribution in [0.2, 0.25) is 0 Å². The second-order valence-electron chi connectivity index (χ2n) is 4.46. The molecule has 1 aliphatic rings. The lowest BCUT2D eigenvalue weighted by atomic mass is 10.1. The van der Waals surface area contributed by atoms with Crippen LogP contribution in [-0.2, 0) is 19.4 Å². The van der Waals surface area contributed by atoms with E-state index in [4.69, 9.17) is 4.74 Å². The van der Waals surface area contributed by atoms with Gasteiger partial charge in [0.1, 0.15) is 5.82 Å². The number of carbonyl (C=O) groups is 1. The molecule has 1 aliphatic heterocycles. The van der Waals surface area contributed by atoms with Gasteiger partial charge in [0.2, 0.25) is 5.91 Å². The number of nitrogens with one attached hydrogen (secondary N) is 1. The zero-order valence-corrected chi connectivity index (χ0v) is 11.2. The van der Waals surface area contributed by atoms with Crippen LogP contribution in [0.5, 0.6) is 0 Å². The van der Waals surface area contributed by atoms with Gasteiger partial charge >= 0.3 is 0 Å². The summed E-state index contributed by atoms with van der Waals surface area (Å²) in [6, 6.07) is 3.31. The monoisotopic (exact) mass is 287 g/mol. The minimum absolute atomic E-state index is 0.0353. The zero-order valence-electron chi connectivity index (χ0n) is 10.3. The van der Waals surface area contributed by atoms with Gasteiger partial charge in [0, 0.05) is 12.9 Å². The van der Waals surface area contributed by atoms with Crippen molar-refractivity contribution in [1.82, 2.24) is 0 Å². The number of halogens is 1. The van der Waals surface area contributed by atoms with Crippen LogP contribution in [0.4, 0.5) is 10.1 Å². The Morgan fingerprint density at radius 2 is 2.21 bits per heavy atom. The van der Waals surface area contributed by atoms with Crippen LogP contribution in [0.1, 0.15) is 6.42 Å². The van der Waals surface area contributed by atoms with Gasteiger partial charge < -0.3 is 10.1 Å². The third-order valence-corrected chi connectivity index (χ3v) is 4.03. The van der Waals surface area contributed by atoms with Gasteiger partial charge in [0.25, 0.3) is 0 Å². The normalized spacial score (nSPS) is 19.4. The molecule has 5 nitrogen and oxygen atoms in total. The van der Waals surface area contributed by atoms with Crippen LogP contribution in [0, 0.1) is 11.7 Å². The second-order valence-corrected chi connectivity index (χ2v) is 6.48. The quantitative estimate of drug-likeness (QED) is 0.848. The van der Waals surface area contributed by atoms with E-state index in [0.717, 1.165) is 18.4 Å². The van der Waals surface area contributed by atoms with Crippen molar-refractivity contribution in [3.05, 3.63) is 24.0 Å². The number of sulfone groups is 1. The Hall–Kier alpha value is -1.47. The van der Waals surface area contributed by atoms with Crippen LogP contribution in [-0.4, -0.2) is 33.8 Å². The van der Waals surface area contributed by atoms with Crippen LogP contribution >= 0.6 is 0 Å². The summed E-state index contributed by atoms with van der Waals surface area (Å²) < 4.78 is 41.4. The number of hydrogen-bond donors (Lipinski definition) is 1. The predicted molar refractivity (Wildman–Crippen MR) is 67.1 cm³/mol. The predicted octanol–water partition coefficient (Wildman–Crippen LogP) is 1.20. The molecule has 0 radical (unpaired) electrons. The number of rotatable bonds is 3. The summed E-state index contributed by atoms with van der Waals surface area (Å²) in [6.45, 7) is 0.809. The van der Waals surface area contributed by atoms with Crippen molar-refractivity contribution in [2.75, 3.05) is 24.8 Å². The maximum absolute atomic E-state index is 13.6. The van der Waals surface area contributed by atoms with Gasteiger partial charge in [0.15, 0.2) is 9.84 Å². The van der Waals surface area contributed by atoms with Gasteiger partial charge in [0.05, 0.1) is 23.1 Å². The summed E-state index contributed by atoms with van der Waals surface area (Å²) >= 11 is 0. The molecule has 1 aromatic rings. The van der Waals surface area contributed by atoms with E-state index in [-0.39, 0.29) is 22.4 Å². The second kappa shape index (κ2) is 5.26. The van der Waals surface area contributed by atoms with Crippen molar-refractivity contribution in [1.29, 1.82) is 0 Å². The highest BCUT2D eigenvalue weighted by Crippen LogP contribution is 2.21. The van der Waals surface area contributed by atoms with Crippen molar-refractivity contribution in [2.45, 2.75) is 11.3 Å². The molecule has 19 heavy (non-hydrogen) atoms. The lowest BCUT2D eigenvalue weighted by Gasteiger charge is -2.11. The van der Waals surface area contributed by atoms with Crippen molar-refractivity contribution in [3.8, 4) is 0 Å². The topological polar surface area (TPSA) is 72.5 Å². The molecular formula is C12H14FNO4S. The number of hydrogen-bond acceptors (Lipinski definition) is 4. The van der Waals surface area contributed by atoms with Gasteiger partial charge in [-0.2, -0.15) is 0 Å². The fraction of sp³-hybridized carbons (Fsp3) is 0.417. The Kier molecular flexibility index (Phi) is 3.86. The number of carbonyl (C=O) groups excluding carboxylic acids is 1. The average molecular weight is 287 g/mol. The SMILES string of the molecule is CS(=O)(=O)c1ccc(F)c(NC(=O)C2CCOC2)c1. The summed E-state index contributed by atoms with van der Waals surface area (Å²) in [4.78, 5) is 11.8. The van der Waals surface area contributed by atoms with Crippen LogP contribution in [0.25, 0.3) is 0 Å². The van der Waals surface area contributed by atoms with Gasteiger partial charge in [-0.3, -0.25) is 4.79 Å².